The molecule has 1 atom stereocenters. The van der Waals surface area contributed by atoms with Crippen LogP contribution in [0.3, 0.4) is 0 Å². The van der Waals surface area contributed by atoms with Gasteiger partial charge in [0.1, 0.15) is 0 Å². The van der Waals surface area contributed by atoms with Gasteiger partial charge in [-0.15, -0.1) is 11.3 Å². The number of hydrogen-bond donors (Lipinski definition) is 1. The molecule has 20 heavy (non-hydrogen) atoms. The molecule has 0 bridgehead atoms. The highest BCUT2D eigenvalue weighted by atomic mass is 32.1. The zero-order valence-corrected chi connectivity index (χ0v) is 12.8. The van der Waals surface area contributed by atoms with E-state index in [2.05, 4.69) is 11.8 Å². The number of nitrogens with zero attached hydrogens (tertiary/aromatic N) is 2. The van der Waals surface area contributed by atoms with Gasteiger partial charge in [0.2, 0.25) is 0 Å². The first-order chi connectivity index (χ1) is 9.65. The van der Waals surface area contributed by atoms with Crippen molar-refractivity contribution in [1.29, 1.82) is 0 Å². The van der Waals surface area contributed by atoms with Crippen LogP contribution in [0.2, 0.25) is 0 Å². The number of aryl methyl sites for hydroxylation is 1. The molecule has 4 nitrogen and oxygen atoms in total. The fourth-order valence-electron chi connectivity index (χ4n) is 2.93. The van der Waals surface area contributed by atoms with Crippen LogP contribution in [0.25, 0.3) is 0 Å². The summed E-state index contributed by atoms with van der Waals surface area (Å²) < 4.78 is 0. The van der Waals surface area contributed by atoms with Crippen LogP contribution in [-0.4, -0.2) is 28.6 Å². The van der Waals surface area contributed by atoms with E-state index in [1.165, 1.54) is 42.7 Å². The highest BCUT2D eigenvalue weighted by Crippen LogP contribution is 2.45. The van der Waals surface area contributed by atoms with Gasteiger partial charge in [0, 0.05) is 23.4 Å². The Hall–Kier alpha value is -1.10. The molecule has 0 spiro atoms. The first kappa shape index (κ1) is 13.9. The van der Waals surface area contributed by atoms with Gasteiger partial charge in [0.25, 0.3) is 0 Å². The molecule has 0 aromatic carbocycles. The van der Waals surface area contributed by atoms with Crippen molar-refractivity contribution in [1.82, 2.24) is 4.98 Å². The number of carboxylic acids is 1. The molecule has 1 aromatic rings. The summed E-state index contributed by atoms with van der Waals surface area (Å²) in [6.45, 7) is 3.37. The quantitative estimate of drug-likeness (QED) is 0.904. The summed E-state index contributed by atoms with van der Waals surface area (Å²) in [6.07, 6.45) is 7.09. The highest BCUT2D eigenvalue weighted by Gasteiger charge is 2.31. The Labute approximate surface area is 123 Å². The van der Waals surface area contributed by atoms with E-state index in [4.69, 9.17) is 10.1 Å². The largest absolute Gasteiger partial charge is 0.481 e. The van der Waals surface area contributed by atoms with E-state index in [1.807, 2.05) is 0 Å². The average Bonchev–Trinajstić information content (AvgIpc) is 3.18. The minimum absolute atomic E-state index is 0.219. The second-order valence-electron chi connectivity index (χ2n) is 6.01. The SMILES string of the molecule is CC1CCCCN1c1nc(C2CC2)c(CCC(=O)O)s1. The minimum atomic E-state index is -0.715. The number of carbonyl (C=O) groups is 1. The van der Waals surface area contributed by atoms with Crippen LogP contribution >= 0.6 is 11.3 Å². The molecule has 1 saturated heterocycles. The van der Waals surface area contributed by atoms with Crippen molar-refractivity contribution >= 4 is 22.4 Å². The van der Waals surface area contributed by atoms with Gasteiger partial charge in [0.15, 0.2) is 5.13 Å². The lowest BCUT2D eigenvalue weighted by atomic mass is 10.0. The third-order valence-electron chi connectivity index (χ3n) is 4.29. The van der Waals surface area contributed by atoms with Gasteiger partial charge in [-0.05, 0) is 45.4 Å². The molecule has 1 unspecified atom stereocenters. The maximum absolute atomic E-state index is 10.8. The van der Waals surface area contributed by atoms with Gasteiger partial charge in [0.05, 0.1) is 12.1 Å². The molecule has 2 fully saturated rings. The molecule has 1 aromatic heterocycles. The van der Waals surface area contributed by atoms with Crippen molar-refractivity contribution in [2.75, 3.05) is 11.4 Å². The number of piperidine rings is 1. The molecule has 2 aliphatic rings. The fraction of sp³-hybridized carbons (Fsp3) is 0.733. The van der Waals surface area contributed by atoms with Gasteiger partial charge in [-0.1, -0.05) is 0 Å². The molecular weight excluding hydrogens is 272 g/mol. The van der Waals surface area contributed by atoms with Gasteiger partial charge in [-0.25, -0.2) is 4.98 Å². The van der Waals surface area contributed by atoms with Crippen molar-refractivity contribution < 1.29 is 9.90 Å². The van der Waals surface area contributed by atoms with Crippen LogP contribution in [0.4, 0.5) is 5.13 Å². The summed E-state index contributed by atoms with van der Waals surface area (Å²) in [5.74, 6) is -0.114. The number of aliphatic carboxylic acids is 1. The maximum Gasteiger partial charge on any atom is 0.303 e. The molecule has 1 aliphatic heterocycles. The number of thiazole rings is 1. The lowest BCUT2D eigenvalue weighted by Gasteiger charge is -2.33. The van der Waals surface area contributed by atoms with E-state index >= 15 is 0 Å². The summed E-state index contributed by atoms with van der Waals surface area (Å²) in [5, 5.41) is 10.0. The average molecular weight is 294 g/mol. The number of aromatic nitrogens is 1. The van der Waals surface area contributed by atoms with Gasteiger partial charge >= 0.3 is 5.97 Å². The van der Waals surface area contributed by atoms with Gasteiger partial charge < -0.3 is 10.0 Å². The van der Waals surface area contributed by atoms with E-state index in [1.54, 1.807) is 11.3 Å². The van der Waals surface area contributed by atoms with Crippen LogP contribution in [0.5, 0.6) is 0 Å². The number of anilines is 1. The summed E-state index contributed by atoms with van der Waals surface area (Å²) >= 11 is 1.73. The van der Waals surface area contributed by atoms with Crippen molar-refractivity contribution in [2.24, 2.45) is 0 Å². The molecule has 1 N–H and O–H groups in total. The monoisotopic (exact) mass is 294 g/mol. The van der Waals surface area contributed by atoms with Crippen LogP contribution in [-0.2, 0) is 11.2 Å². The third-order valence-corrected chi connectivity index (χ3v) is 5.46. The Morgan fingerprint density at radius 1 is 1.40 bits per heavy atom. The van der Waals surface area contributed by atoms with E-state index < -0.39 is 5.97 Å². The van der Waals surface area contributed by atoms with Gasteiger partial charge in [-0.2, -0.15) is 0 Å². The minimum Gasteiger partial charge on any atom is -0.481 e. The van der Waals surface area contributed by atoms with Gasteiger partial charge in [-0.3, -0.25) is 4.79 Å². The molecule has 110 valence electrons. The van der Waals surface area contributed by atoms with E-state index in [-0.39, 0.29) is 6.42 Å². The molecule has 2 heterocycles. The van der Waals surface area contributed by atoms with Crippen molar-refractivity contribution in [3.8, 4) is 0 Å². The number of hydrogen-bond acceptors (Lipinski definition) is 4. The van der Waals surface area contributed by atoms with E-state index in [9.17, 15) is 4.79 Å². The van der Waals surface area contributed by atoms with Crippen LogP contribution in [0.15, 0.2) is 0 Å². The van der Waals surface area contributed by atoms with Crippen LogP contribution < -0.4 is 4.90 Å². The Bertz CT molecular complexity index is 496. The van der Waals surface area contributed by atoms with E-state index in [0.29, 0.717) is 18.4 Å². The molecule has 0 amide bonds. The Balaban J connectivity index is 1.80. The van der Waals surface area contributed by atoms with Crippen molar-refractivity contribution in [2.45, 2.75) is 63.8 Å². The normalized spacial score (nSPS) is 23.1. The molecule has 3 rings (SSSR count). The predicted molar refractivity (Wildman–Crippen MR) is 80.7 cm³/mol. The predicted octanol–water partition coefficient (Wildman–Crippen LogP) is 3.42. The second-order valence-corrected chi connectivity index (χ2v) is 7.07. The van der Waals surface area contributed by atoms with E-state index in [0.717, 1.165) is 11.7 Å². The summed E-state index contributed by atoms with van der Waals surface area (Å²) in [7, 11) is 0. The van der Waals surface area contributed by atoms with Crippen molar-refractivity contribution in [3.63, 3.8) is 0 Å². The second kappa shape index (κ2) is 5.72. The molecule has 0 radical (unpaired) electrons. The summed E-state index contributed by atoms with van der Waals surface area (Å²) in [5.41, 5.74) is 1.20. The zero-order valence-electron chi connectivity index (χ0n) is 12.0. The van der Waals surface area contributed by atoms with Crippen molar-refractivity contribution in [3.05, 3.63) is 10.6 Å². The molecule has 1 saturated carbocycles. The molecule has 5 heteroatoms. The van der Waals surface area contributed by atoms with Crippen LogP contribution in [0.1, 0.15) is 61.9 Å². The topological polar surface area (TPSA) is 53.4 Å². The third kappa shape index (κ3) is 2.97. The fourth-order valence-corrected chi connectivity index (χ4v) is 4.20. The summed E-state index contributed by atoms with van der Waals surface area (Å²) in [4.78, 5) is 19.3. The molecular formula is C15H22N2O2S. The lowest BCUT2D eigenvalue weighted by Crippen LogP contribution is -2.37. The number of carboxylic acid groups (broad SMARTS) is 1. The van der Waals surface area contributed by atoms with Crippen LogP contribution in [0, 0.1) is 0 Å². The Morgan fingerprint density at radius 2 is 2.20 bits per heavy atom. The lowest BCUT2D eigenvalue weighted by molar-refractivity contribution is -0.136. The molecule has 1 aliphatic carbocycles. The highest BCUT2D eigenvalue weighted by molar-refractivity contribution is 7.15. The first-order valence-corrected chi connectivity index (χ1v) is 8.45. The summed E-state index contributed by atoms with van der Waals surface area (Å²) in [6, 6.07) is 0.564. The standard InChI is InChI=1S/C15H22N2O2S/c1-10-4-2-3-9-17(10)15-16-14(11-5-6-11)12(20-15)7-8-13(18)19/h10-11H,2-9H2,1H3,(H,18,19). The first-order valence-electron chi connectivity index (χ1n) is 7.63. The zero-order chi connectivity index (χ0) is 14.1. The Kier molecular flexibility index (Phi) is 3.96. The Morgan fingerprint density at radius 3 is 2.85 bits per heavy atom. The smallest absolute Gasteiger partial charge is 0.303 e. The maximum atomic E-state index is 10.8. The number of rotatable bonds is 5.